The average molecular weight is 724 g/mol. The number of aliphatic carboxylic acids is 1. The van der Waals surface area contributed by atoms with Gasteiger partial charge in [-0.3, -0.25) is 28.8 Å². The number of amides is 5. The number of unbranched alkanes of at least 4 members (excludes halogenated alkanes) is 2. The van der Waals surface area contributed by atoms with Crippen molar-refractivity contribution in [1.29, 1.82) is 0 Å². The Morgan fingerprint density at radius 2 is 1.17 bits per heavy atom. The second kappa shape index (κ2) is 43.6. The zero-order chi connectivity index (χ0) is 37.3. The molecule has 1 rings (SSSR count). The number of rotatable bonds is 20. The van der Waals surface area contributed by atoms with Crippen LogP contribution in [0, 0.1) is 6.92 Å². The SMILES string of the molecule is CCCCN.CCCCN.CCSCCCSF.Cc1ccccc1.O=CNCC(=O)NCC(=O)NCC(=O)NCC(=O)NCC(=O)O. The fourth-order valence-corrected chi connectivity index (χ4v) is 3.47. The Bertz CT molecular complexity index is 922. The minimum absolute atomic E-state index is 0.275. The van der Waals surface area contributed by atoms with E-state index in [-0.39, 0.29) is 13.1 Å². The van der Waals surface area contributed by atoms with Crippen LogP contribution in [-0.2, 0) is 28.8 Å². The van der Waals surface area contributed by atoms with E-state index in [0.717, 1.165) is 31.0 Å². The molecule has 0 aromatic heterocycles. The summed E-state index contributed by atoms with van der Waals surface area (Å²) in [5.74, 6) is -0.888. The Kier molecular flexibility index (Phi) is 46.7. The molecule has 10 N–H and O–H groups in total. The van der Waals surface area contributed by atoms with Crippen molar-refractivity contribution in [3.63, 3.8) is 0 Å². The van der Waals surface area contributed by atoms with Crippen LogP contribution in [0.1, 0.15) is 58.4 Å². The molecule has 278 valence electrons. The van der Waals surface area contributed by atoms with Gasteiger partial charge in [0.15, 0.2) is 0 Å². The first kappa shape index (κ1) is 51.4. The Balaban J connectivity index is -0.000000311. The van der Waals surface area contributed by atoms with Gasteiger partial charge in [0.1, 0.15) is 6.54 Å². The Hall–Kier alpha value is -3.41. The lowest BCUT2D eigenvalue weighted by Gasteiger charge is -2.08. The minimum Gasteiger partial charge on any atom is -0.480 e. The van der Waals surface area contributed by atoms with E-state index in [4.69, 9.17) is 16.6 Å². The summed E-state index contributed by atoms with van der Waals surface area (Å²) in [6, 6.07) is 10.3. The van der Waals surface area contributed by atoms with Gasteiger partial charge in [0, 0.05) is 17.9 Å². The van der Waals surface area contributed by atoms with Gasteiger partial charge in [-0.2, -0.15) is 15.6 Å². The second-order valence-electron chi connectivity index (χ2n) is 9.30. The Morgan fingerprint density at radius 1 is 0.729 bits per heavy atom. The van der Waals surface area contributed by atoms with E-state index in [1.54, 1.807) is 0 Å². The van der Waals surface area contributed by atoms with Crippen LogP contribution in [0.2, 0.25) is 0 Å². The predicted molar refractivity (Wildman–Crippen MR) is 194 cm³/mol. The third kappa shape index (κ3) is 52.1. The number of nitrogens with one attached hydrogen (secondary N) is 5. The number of benzene rings is 1. The number of carboxylic acid groups (broad SMARTS) is 1. The maximum absolute atomic E-state index is 11.3. The van der Waals surface area contributed by atoms with E-state index in [0.29, 0.717) is 24.3 Å². The summed E-state index contributed by atoms with van der Waals surface area (Å²) >= 11 is 2.31. The van der Waals surface area contributed by atoms with Gasteiger partial charge in [0.25, 0.3) is 0 Å². The fourth-order valence-electron chi connectivity index (χ4n) is 2.40. The molecule has 0 saturated carbocycles. The first-order valence-electron chi connectivity index (χ1n) is 15.7. The maximum Gasteiger partial charge on any atom is 0.322 e. The molecular formula is C31H58FN7O7S2. The highest BCUT2D eigenvalue weighted by atomic mass is 32.2. The van der Waals surface area contributed by atoms with Crippen molar-refractivity contribution < 1.29 is 37.8 Å². The first-order valence-corrected chi connectivity index (χ1v) is 17.7. The van der Waals surface area contributed by atoms with E-state index >= 15 is 0 Å². The van der Waals surface area contributed by atoms with Gasteiger partial charge in [0.2, 0.25) is 30.0 Å². The molecule has 0 aliphatic heterocycles. The van der Waals surface area contributed by atoms with Crippen LogP contribution >= 0.6 is 23.9 Å². The monoisotopic (exact) mass is 723 g/mol. The molecule has 0 aliphatic carbocycles. The number of carboxylic acids is 1. The number of nitrogens with two attached hydrogens (primary N) is 2. The third-order valence-corrected chi connectivity index (χ3v) is 6.32. The minimum atomic E-state index is -1.22. The van der Waals surface area contributed by atoms with Crippen LogP contribution in [0.5, 0.6) is 0 Å². The maximum atomic E-state index is 11.3. The van der Waals surface area contributed by atoms with Gasteiger partial charge < -0.3 is 43.2 Å². The van der Waals surface area contributed by atoms with Gasteiger partial charge in [-0.25, -0.2) is 0 Å². The topological polar surface area (TPSA) is 235 Å². The molecule has 5 amide bonds. The van der Waals surface area contributed by atoms with Crippen molar-refractivity contribution in [3.05, 3.63) is 35.9 Å². The third-order valence-electron chi connectivity index (χ3n) is 4.89. The highest BCUT2D eigenvalue weighted by Crippen LogP contribution is 2.07. The average Bonchev–Trinajstić information content (AvgIpc) is 3.07. The molecule has 17 heteroatoms. The molecule has 0 saturated heterocycles. The summed E-state index contributed by atoms with van der Waals surface area (Å²) in [7, 11) is 0. The molecule has 0 bridgehead atoms. The quantitative estimate of drug-likeness (QED) is 0.0709. The summed E-state index contributed by atoms with van der Waals surface area (Å²) < 4.78 is 11.3. The van der Waals surface area contributed by atoms with Crippen LogP contribution in [-0.4, -0.2) is 104 Å². The lowest BCUT2D eigenvalue weighted by molar-refractivity contribution is -0.137. The van der Waals surface area contributed by atoms with E-state index in [1.165, 1.54) is 31.2 Å². The lowest BCUT2D eigenvalue weighted by Crippen LogP contribution is -2.45. The zero-order valence-electron chi connectivity index (χ0n) is 28.8. The largest absolute Gasteiger partial charge is 0.480 e. The van der Waals surface area contributed by atoms with Crippen LogP contribution in [0.3, 0.4) is 0 Å². The van der Waals surface area contributed by atoms with Gasteiger partial charge >= 0.3 is 5.97 Å². The fraction of sp³-hybridized carbons (Fsp3) is 0.613. The van der Waals surface area contributed by atoms with Gasteiger partial charge in [0.05, 0.1) is 26.2 Å². The molecule has 48 heavy (non-hydrogen) atoms. The van der Waals surface area contributed by atoms with Crippen LogP contribution in [0.25, 0.3) is 0 Å². The van der Waals surface area contributed by atoms with Crippen molar-refractivity contribution in [2.24, 2.45) is 11.5 Å². The summed E-state index contributed by atoms with van der Waals surface area (Å²) in [4.78, 5) is 64.9. The molecule has 0 heterocycles. The lowest BCUT2D eigenvalue weighted by atomic mass is 10.2. The molecule has 0 unspecified atom stereocenters. The molecule has 1 aromatic rings. The molecule has 14 nitrogen and oxygen atoms in total. The molecular weight excluding hydrogens is 666 g/mol. The standard InChI is InChI=1S/C11H17N5O7.C7H8.C5H11FS2.2C4H11N/c17-6-12-1-7(18)13-2-8(19)14-3-9(20)15-4-10(21)16-5-11(22)23;1-7-5-3-2-4-6-7;1-2-7-4-3-5-8-6;2*1-2-3-4-5/h6H,1-5H2,(H,12,17)(H,13,18)(H,14,19)(H,15,20)(H,16,21)(H,22,23);2-6H,1H3;2-5H2,1H3;2*2-5H2,1H3. The molecule has 0 atom stereocenters. The number of halogens is 1. The molecule has 1 aromatic carbocycles. The Labute approximate surface area is 293 Å². The number of hydrogen-bond acceptors (Lipinski definition) is 10. The van der Waals surface area contributed by atoms with Gasteiger partial charge in [-0.15, -0.1) is 0 Å². The van der Waals surface area contributed by atoms with Crippen molar-refractivity contribution in [2.75, 3.05) is 63.1 Å². The molecule has 0 spiro atoms. The predicted octanol–water partition coefficient (Wildman–Crippen LogP) is 1.51. The molecule has 0 radical (unpaired) electrons. The Morgan fingerprint density at radius 3 is 1.46 bits per heavy atom. The van der Waals surface area contributed by atoms with Gasteiger partial charge in [-0.1, -0.05) is 69.5 Å². The van der Waals surface area contributed by atoms with E-state index in [1.807, 2.05) is 35.3 Å². The number of carbonyl (C=O) groups is 6. The number of thioether (sulfide) groups is 1. The van der Waals surface area contributed by atoms with Crippen molar-refractivity contribution in [2.45, 2.75) is 59.8 Å². The van der Waals surface area contributed by atoms with Crippen molar-refractivity contribution in [3.8, 4) is 0 Å². The summed E-state index contributed by atoms with van der Waals surface area (Å²) in [6.45, 7) is 8.07. The number of aryl methyl sites for hydroxylation is 1. The van der Waals surface area contributed by atoms with Gasteiger partial charge in [-0.05, 0) is 50.8 Å². The summed E-state index contributed by atoms with van der Waals surface area (Å²) in [5, 5.41) is 19.0. The number of hydrogen-bond donors (Lipinski definition) is 8. The number of carbonyl (C=O) groups excluding carboxylic acids is 5. The van der Waals surface area contributed by atoms with Crippen LogP contribution in [0.4, 0.5) is 3.89 Å². The second-order valence-corrected chi connectivity index (χ2v) is 11.3. The smallest absolute Gasteiger partial charge is 0.322 e. The highest BCUT2D eigenvalue weighted by Gasteiger charge is 2.09. The van der Waals surface area contributed by atoms with Crippen LogP contribution in [0.15, 0.2) is 30.3 Å². The first-order chi connectivity index (χ1) is 23.0. The summed E-state index contributed by atoms with van der Waals surface area (Å²) in [6.07, 6.45) is 6.10. The van der Waals surface area contributed by atoms with Crippen molar-refractivity contribution in [1.82, 2.24) is 26.6 Å². The van der Waals surface area contributed by atoms with Crippen molar-refractivity contribution >= 4 is 59.9 Å². The van der Waals surface area contributed by atoms with E-state index in [2.05, 4.69) is 61.1 Å². The normalized spacial score (nSPS) is 9.06. The molecule has 0 fully saturated rings. The van der Waals surface area contributed by atoms with E-state index < -0.39 is 49.2 Å². The molecule has 0 aliphatic rings. The van der Waals surface area contributed by atoms with E-state index in [9.17, 15) is 32.7 Å². The summed E-state index contributed by atoms with van der Waals surface area (Å²) in [5.41, 5.74) is 11.6. The zero-order valence-corrected chi connectivity index (χ0v) is 30.4. The van der Waals surface area contributed by atoms with Crippen LogP contribution < -0.4 is 38.1 Å². The highest BCUT2D eigenvalue weighted by molar-refractivity contribution is 7.99.